The first-order valence-corrected chi connectivity index (χ1v) is 12.8. The van der Waals surface area contributed by atoms with Crippen LogP contribution in [0.25, 0.3) is 0 Å². The summed E-state index contributed by atoms with van der Waals surface area (Å²) in [7, 11) is 0. The molecule has 5 aromatic rings. The average molecular weight is 557 g/mol. The van der Waals surface area contributed by atoms with Crippen LogP contribution >= 0.6 is 0 Å². The van der Waals surface area contributed by atoms with Gasteiger partial charge in [0.25, 0.3) is 0 Å². The predicted molar refractivity (Wildman–Crippen MR) is 154 cm³/mol. The van der Waals surface area contributed by atoms with Crippen LogP contribution in [-0.2, 0) is 26.2 Å². The maximum Gasteiger partial charge on any atom is 0.150 e. The Kier molecular flexibility index (Phi) is 12.9. The second kappa shape index (κ2) is 17.1. The maximum atomic E-state index is 13.1. The van der Waals surface area contributed by atoms with E-state index in [-0.39, 0.29) is 17.5 Å². The molecule has 41 heavy (non-hydrogen) atoms. The van der Waals surface area contributed by atoms with Crippen molar-refractivity contribution < 1.29 is 18.0 Å². The summed E-state index contributed by atoms with van der Waals surface area (Å²) in [6.45, 7) is 2.69. The van der Waals surface area contributed by atoms with Crippen LogP contribution in [0.4, 0.5) is 13.2 Å². The van der Waals surface area contributed by atoms with Gasteiger partial charge in [0.15, 0.2) is 0 Å². The summed E-state index contributed by atoms with van der Waals surface area (Å²) in [4.78, 5) is 20.1. The van der Waals surface area contributed by atoms with Crippen molar-refractivity contribution >= 4 is 6.29 Å². The van der Waals surface area contributed by atoms with Crippen LogP contribution in [0.3, 0.4) is 0 Å². The molecule has 0 aliphatic rings. The van der Waals surface area contributed by atoms with Gasteiger partial charge in [-0.3, -0.25) is 19.7 Å². The molecule has 0 amide bonds. The highest BCUT2D eigenvalue weighted by molar-refractivity contribution is 5.74. The Bertz CT molecular complexity index is 1370. The maximum absolute atomic E-state index is 13.1. The van der Waals surface area contributed by atoms with Crippen LogP contribution in [0.1, 0.15) is 32.6 Å². The van der Waals surface area contributed by atoms with Crippen molar-refractivity contribution in [3.05, 3.63) is 167 Å². The van der Waals surface area contributed by atoms with E-state index in [9.17, 15) is 18.0 Å². The van der Waals surface area contributed by atoms with E-state index < -0.39 is 0 Å². The van der Waals surface area contributed by atoms with Gasteiger partial charge in [-0.1, -0.05) is 24.3 Å². The minimum absolute atomic E-state index is 0.238. The molecule has 2 aromatic heterocycles. The number of carbonyl (C=O) groups excluding carboxylic acids is 1. The number of aromatic nitrogens is 2. The molecule has 0 aliphatic heterocycles. The largest absolute Gasteiger partial charge is 0.326 e. The predicted octanol–water partition coefficient (Wildman–Crippen LogP) is 6.74. The molecule has 5 nitrogen and oxygen atoms in total. The lowest BCUT2D eigenvalue weighted by atomic mass is 10.1. The van der Waals surface area contributed by atoms with Gasteiger partial charge < -0.3 is 5.73 Å². The molecule has 0 atom stereocenters. The molecule has 0 unspecified atom stereocenters. The number of aldehydes is 1. The normalized spacial score (nSPS) is 10.2. The Morgan fingerprint density at radius 3 is 1.22 bits per heavy atom. The van der Waals surface area contributed by atoms with E-state index in [1.165, 1.54) is 48.5 Å². The standard InChI is InChI=1S/C20H18F2N2.C7H5FO.C6H8N2/c21-19-5-1-16(2-6-19)13-24(15-18-9-11-23-12-10-18)14-17-3-7-20(22)8-4-17;8-7-3-1-6(5-9)2-4-7;7-5-6-1-3-8-4-2-6/h1-12H,13-15H2;1-5H;1-4H,5,7H2. The minimum atomic E-state index is -0.319. The van der Waals surface area contributed by atoms with E-state index in [1.54, 1.807) is 49.1 Å². The van der Waals surface area contributed by atoms with Crippen molar-refractivity contribution in [1.82, 2.24) is 14.9 Å². The van der Waals surface area contributed by atoms with Crippen LogP contribution in [0, 0.1) is 17.5 Å². The van der Waals surface area contributed by atoms with Gasteiger partial charge in [-0.05, 0) is 95.1 Å². The summed E-state index contributed by atoms with van der Waals surface area (Å²) >= 11 is 0. The molecular formula is C33H31F3N4O. The molecule has 210 valence electrons. The molecule has 0 bridgehead atoms. The first kappa shape index (κ1) is 30.9. The first-order chi connectivity index (χ1) is 19.9. The van der Waals surface area contributed by atoms with E-state index in [1.807, 2.05) is 24.3 Å². The Morgan fingerprint density at radius 1 is 0.537 bits per heavy atom. The smallest absolute Gasteiger partial charge is 0.150 e. The van der Waals surface area contributed by atoms with E-state index in [0.717, 1.165) is 28.8 Å². The Labute approximate surface area is 238 Å². The summed E-state index contributed by atoms with van der Waals surface area (Å²) in [6, 6.07) is 26.2. The third-order valence-corrected chi connectivity index (χ3v) is 5.79. The van der Waals surface area contributed by atoms with Gasteiger partial charge in [0, 0.05) is 56.5 Å². The van der Waals surface area contributed by atoms with Gasteiger partial charge in [0.2, 0.25) is 0 Å². The molecule has 0 saturated carbocycles. The van der Waals surface area contributed by atoms with Crippen molar-refractivity contribution in [2.24, 2.45) is 5.73 Å². The summed E-state index contributed by atoms with van der Waals surface area (Å²) < 4.78 is 38.3. The molecule has 5 rings (SSSR count). The van der Waals surface area contributed by atoms with Gasteiger partial charge in [-0.25, -0.2) is 13.2 Å². The number of halogens is 3. The van der Waals surface area contributed by atoms with Crippen molar-refractivity contribution in [3.63, 3.8) is 0 Å². The van der Waals surface area contributed by atoms with E-state index >= 15 is 0 Å². The second-order valence-corrected chi connectivity index (χ2v) is 8.98. The summed E-state index contributed by atoms with van der Waals surface area (Å²) in [5.41, 5.74) is 10.2. The van der Waals surface area contributed by atoms with E-state index in [2.05, 4.69) is 14.9 Å². The fourth-order valence-electron chi connectivity index (χ4n) is 3.67. The Morgan fingerprint density at radius 2 is 0.878 bits per heavy atom. The van der Waals surface area contributed by atoms with Crippen LogP contribution in [0.2, 0.25) is 0 Å². The minimum Gasteiger partial charge on any atom is -0.326 e. The number of hydrogen-bond acceptors (Lipinski definition) is 5. The second-order valence-electron chi connectivity index (χ2n) is 8.98. The fraction of sp³-hybridized carbons (Fsp3) is 0.121. The van der Waals surface area contributed by atoms with Crippen molar-refractivity contribution in [3.8, 4) is 0 Å². The molecule has 0 spiro atoms. The van der Waals surface area contributed by atoms with Crippen LogP contribution in [0.5, 0.6) is 0 Å². The lowest BCUT2D eigenvalue weighted by Gasteiger charge is -2.23. The number of carbonyl (C=O) groups is 1. The zero-order chi connectivity index (χ0) is 29.3. The van der Waals surface area contributed by atoms with Crippen LogP contribution in [-0.4, -0.2) is 21.2 Å². The number of rotatable bonds is 8. The van der Waals surface area contributed by atoms with Gasteiger partial charge in [0.05, 0.1) is 0 Å². The molecule has 3 aromatic carbocycles. The highest BCUT2D eigenvalue weighted by Crippen LogP contribution is 2.15. The third-order valence-electron chi connectivity index (χ3n) is 5.79. The van der Waals surface area contributed by atoms with Gasteiger partial charge >= 0.3 is 0 Å². The molecule has 0 radical (unpaired) electrons. The van der Waals surface area contributed by atoms with Gasteiger partial charge in [-0.2, -0.15) is 0 Å². The lowest BCUT2D eigenvalue weighted by molar-refractivity contribution is 0.112. The molecule has 2 N–H and O–H groups in total. The van der Waals surface area contributed by atoms with Crippen molar-refractivity contribution in [2.75, 3.05) is 0 Å². The number of nitrogens with zero attached hydrogens (tertiary/aromatic N) is 3. The molecular weight excluding hydrogens is 525 g/mol. The monoisotopic (exact) mass is 556 g/mol. The zero-order valence-electron chi connectivity index (χ0n) is 22.4. The van der Waals surface area contributed by atoms with E-state index in [0.29, 0.717) is 31.5 Å². The highest BCUT2D eigenvalue weighted by Gasteiger charge is 2.09. The highest BCUT2D eigenvalue weighted by atomic mass is 19.1. The molecule has 0 fully saturated rings. The van der Waals surface area contributed by atoms with Crippen LogP contribution in [0.15, 0.2) is 122 Å². The summed E-state index contributed by atoms with van der Waals surface area (Å²) in [5, 5.41) is 0. The lowest BCUT2D eigenvalue weighted by Crippen LogP contribution is -2.22. The third kappa shape index (κ3) is 11.9. The Hall–Kier alpha value is -4.66. The SMILES string of the molecule is Fc1ccc(CN(Cc2ccncc2)Cc2ccc(F)cc2)cc1.NCc1ccncc1.O=Cc1ccc(F)cc1. The molecule has 8 heteroatoms. The van der Waals surface area contributed by atoms with Crippen molar-refractivity contribution in [1.29, 1.82) is 0 Å². The molecule has 0 saturated heterocycles. The number of hydrogen-bond donors (Lipinski definition) is 1. The quantitative estimate of drug-likeness (QED) is 0.214. The van der Waals surface area contributed by atoms with Gasteiger partial charge in [0.1, 0.15) is 23.7 Å². The first-order valence-electron chi connectivity index (χ1n) is 12.8. The van der Waals surface area contributed by atoms with E-state index in [4.69, 9.17) is 5.73 Å². The number of pyridine rings is 2. The average Bonchev–Trinajstić information content (AvgIpc) is 3.01. The topological polar surface area (TPSA) is 72.1 Å². The molecule has 0 aliphatic carbocycles. The summed E-state index contributed by atoms with van der Waals surface area (Å²) in [6.07, 6.45) is 7.69. The van der Waals surface area contributed by atoms with Crippen LogP contribution < -0.4 is 5.73 Å². The summed E-state index contributed by atoms with van der Waals surface area (Å²) in [5.74, 6) is -0.795. The Balaban J connectivity index is 0.000000221. The number of benzene rings is 3. The fourth-order valence-corrected chi connectivity index (χ4v) is 3.67. The van der Waals surface area contributed by atoms with Gasteiger partial charge in [-0.15, -0.1) is 0 Å². The zero-order valence-corrected chi connectivity index (χ0v) is 22.4. The molecule has 2 heterocycles. The van der Waals surface area contributed by atoms with Crippen molar-refractivity contribution in [2.45, 2.75) is 26.2 Å². The number of nitrogens with two attached hydrogens (primary N) is 1.